The zero-order valence-electron chi connectivity index (χ0n) is 17.6. The number of H-pyrrole nitrogens is 1. The van der Waals surface area contributed by atoms with E-state index in [0.29, 0.717) is 28.6 Å². The van der Waals surface area contributed by atoms with E-state index in [1.165, 1.54) is 0 Å². The van der Waals surface area contributed by atoms with Crippen molar-refractivity contribution in [3.8, 4) is 17.2 Å². The summed E-state index contributed by atoms with van der Waals surface area (Å²) in [7, 11) is 0. The topological polar surface area (TPSA) is 120 Å². The standard InChI is InChI=1S/C23H19N5O5/c1-14-9-20(28(26-14)16-5-3-2-4-6-16)25-21(29)17-11-24-23(31)27(22(17)30)12-15-7-8-18-19(10-15)33-13-32-18/h2-11H,12-13H2,1H3,(H,24,31)(H,25,29). The minimum atomic E-state index is -0.712. The van der Waals surface area contributed by atoms with E-state index in [9.17, 15) is 14.4 Å². The number of hydrogen-bond donors (Lipinski definition) is 2. The van der Waals surface area contributed by atoms with Crippen molar-refractivity contribution in [2.45, 2.75) is 13.5 Å². The molecule has 0 bridgehead atoms. The van der Waals surface area contributed by atoms with E-state index in [1.54, 1.807) is 35.9 Å². The molecular weight excluding hydrogens is 426 g/mol. The number of aromatic nitrogens is 4. The summed E-state index contributed by atoms with van der Waals surface area (Å²) in [5.41, 5.74) is 0.560. The normalized spacial score (nSPS) is 12.0. The first kappa shape index (κ1) is 20.3. The van der Waals surface area contributed by atoms with Crippen LogP contribution < -0.4 is 26.0 Å². The minimum absolute atomic E-state index is 0.0347. The van der Waals surface area contributed by atoms with Crippen LogP contribution in [0.15, 0.2) is 70.4 Å². The van der Waals surface area contributed by atoms with Gasteiger partial charge >= 0.3 is 5.69 Å². The lowest BCUT2D eigenvalue weighted by Crippen LogP contribution is -2.39. The number of nitrogens with one attached hydrogen (secondary N) is 2. The molecule has 5 rings (SSSR count). The molecule has 1 amide bonds. The Morgan fingerprint density at radius 2 is 1.88 bits per heavy atom. The summed E-state index contributed by atoms with van der Waals surface area (Å²) in [5, 5.41) is 7.13. The molecule has 0 saturated heterocycles. The van der Waals surface area contributed by atoms with Crippen LogP contribution in [0.4, 0.5) is 5.82 Å². The second-order valence-electron chi connectivity index (χ2n) is 7.46. The van der Waals surface area contributed by atoms with Gasteiger partial charge in [0.1, 0.15) is 11.4 Å². The first-order chi connectivity index (χ1) is 16.0. The summed E-state index contributed by atoms with van der Waals surface area (Å²) < 4.78 is 13.2. The molecule has 33 heavy (non-hydrogen) atoms. The van der Waals surface area contributed by atoms with Gasteiger partial charge in [0.05, 0.1) is 17.9 Å². The average molecular weight is 445 g/mol. The molecular formula is C23H19N5O5. The molecule has 166 valence electrons. The van der Waals surface area contributed by atoms with E-state index in [0.717, 1.165) is 16.5 Å². The number of benzene rings is 2. The predicted octanol–water partition coefficient (Wildman–Crippen LogP) is 2.06. The fourth-order valence-electron chi connectivity index (χ4n) is 3.58. The first-order valence-electron chi connectivity index (χ1n) is 10.1. The van der Waals surface area contributed by atoms with E-state index in [-0.39, 0.29) is 18.9 Å². The summed E-state index contributed by atoms with van der Waals surface area (Å²) in [6.45, 7) is 1.88. The van der Waals surface area contributed by atoms with Crippen molar-refractivity contribution < 1.29 is 14.3 Å². The van der Waals surface area contributed by atoms with Crippen molar-refractivity contribution in [3.05, 3.63) is 98.5 Å². The number of ether oxygens (including phenoxy) is 2. The summed E-state index contributed by atoms with van der Waals surface area (Å²) in [5.74, 6) is 0.873. The van der Waals surface area contributed by atoms with Gasteiger partial charge in [0.25, 0.3) is 11.5 Å². The monoisotopic (exact) mass is 445 g/mol. The molecule has 1 aliphatic heterocycles. The van der Waals surface area contributed by atoms with Gasteiger partial charge < -0.3 is 19.8 Å². The van der Waals surface area contributed by atoms with Gasteiger partial charge in [0.15, 0.2) is 11.5 Å². The summed E-state index contributed by atoms with van der Waals surface area (Å²) in [4.78, 5) is 40.8. The maximum Gasteiger partial charge on any atom is 0.328 e. The second-order valence-corrected chi connectivity index (χ2v) is 7.46. The molecule has 10 heteroatoms. The van der Waals surface area contributed by atoms with E-state index >= 15 is 0 Å². The summed E-state index contributed by atoms with van der Waals surface area (Å²) >= 11 is 0. The zero-order valence-corrected chi connectivity index (χ0v) is 17.6. The van der Waals surface area contributed by atoms with Crippen molar-refractivity contribution in [3.63, 3.8) is 0 Å². The van der Waals surface area contributed by atoms with Gasteiger partial charge in [-0.3, -0.25) is 14.2 Å². The number of amides is 1. The summed E-state index contributed by atoms with van der Waals surface area (Å²) in [6, 6.07) is 16.1. The van der Waals surface area contributed by atoms with Gasteiger partial charge in [-0.15, -0.1) is 0 Å². The van der Waals surface area contributed by atoms with Crippen LogP contribution in [0.1, 0.15) is 21.6 Å². The Morgan fingerprint density at radius 3 is 2.70 bits per heavy atom. The van der Waals surface area contributed by atoms with Crippen molar-refractivity contribution in [2.75, 3.05) is 12.1 Å². The average Bonchev–Trinajstić information content (AvgIpc) is 3.42. The number of anilines is 1. The number of carbonyl (C=O) groups is 1. The number of rotatable bonds is 5. The number of aryl methyl sites for hydroxylation is 1. The number of aromatic amines is 1. The molecule has 2 aromatic heterocycles. The van der Waals surface area contributed by atoms with Gasteiger partial charge in [-0.05, 0) is 36.8 Å². The van der Waals surface area contributed by atoms with Crippen molar-refractivity contribution in [2.24, 2.45) is 0 Å². The smallest absolute Gasteiger partial charge is 0.328 e. The highest BCUT2D eigenvalue weighted by atomic mass is 16.7. The Hall–Kier alpha value is -4.60. The highest BCUT2D eigenvalue weighted by Gasteiger charge is 2.19. The lowest BCUT2D eigenvalue weighted by atomic mass is 10.2. The van der Waals surface area contributed by atoms with Crippen LogP contribution >= 0.6 is 0 Å². The predicted molar refractivity (Wildman–Crippen MR) is 119 cm³/mol. The molecule has 0 radical (unpaired) electrons. The van der Waals surface area contributed by atoms with Crippen LogP contribution in [0.25, 0.3) is 5.69 Å². The van der Waals surface area contributed by atoms with Crippen molar-refractivity contribution in [1.29, 1.82) is 0 Å². The molecule has 0 atom stereocenters. The van der Waals surface area contributed by atoms with E-state index in [4.69, 9.17) is 9.47 Å². The van der Waals surface area contributed by atoms with Gasteiger partial charge in [0, 0.05) is 12.3 Å². The molecule has 2 N–H and O–H groups in total. The van der Waals surface area contributed by atoms with Crippen LogP contribution in [0.2, 0.25) is 0 Å². The Morgan fingerprint density at radius 1 is 1.09 bits per heavy atom. The molecule has 1 aliphatic rings. The van der Waals surface area contributed by atoms with Crippen molar-refractivity contribution >= 4 is 11.7 Å². The highest BCUT2D eigenvalue weighted by Crippen LogP contribution is 2.32. The fraction of sp³-hybridized carbons (Fsp3) is 0.130. The van der Waals surface area contributed by atoms with Crippen LogP contribution in [0, 0.1) is 6.92 Å². The molecule has 0 aliphatic carbocycles. The van der Waals surface area contributed by atoms with E-state index in [2.05, 4.69) is 15.4 Å². The number of nitrogens with zero attached hydrogens (tertiary/aromatic N) is 3. The first-order valence-corrected chi connectivity index (χ1v) is 10.1. The quantitative estimate of drug-likeness (QED) is 0.485. The molecule has 0 fully saturated rings. The van der Waals surface area contributed by atoms with Gasteiger partial charge in [-0.2, -0.15) is 5.10 Å². The molecule has 0 spiro atoms. The fourth-order valence-corrected chi connectivity index (χ4v) is 3.58. The van der Waals surface area contributed by atoms with E-state index < -0.39 is 17.2 Å². The zero-order chi connectivity index (χ0) is 22.9. The molecule has 0 saturated carbocycles. The lowest BCUT2D eigenvalue weighted by molar-refractivity contribution is 0.102. The number of carbonyl (C=O) groups excluding carboxylic acids is 1. The van der Waals surface area contributed by atoms with Gasteiger partial charge in [0.2, 0.25) is 6.79 Å². The second kappa shape index (κ2) is 8.15. The third-order valence-electron chi connectivity index (χ3n) is 5.16. The van der Waals surface area contributed by atoms with Gasteiger partial charge in [-0.1, -0.05) is 24.3 Å². The molecule has 2 aromatic carbocycles. The highest BCUT2D eigenvalue weighted by molar-refractivity contribution is 6.03. The lowest BCUT2D eigenvalue weighted by Gasteiger charge is -2.10. The Balaban J connectivity index is 1.45. The van der Waals surface area contributed by atoms with Crippen LogP contribution in [-0.2, 0) is 6.54 Å². The molecule has 4 aromatic rings. The van der Waals surface area contributed by atoms with E-state index in [1.807, 2.05) is 30.3 Å². The van der Waals surface area contributed by atoms with Crippen LogP contribution in [0.3, 0.4) is 0 Å². The Kier molecular flexibility index (Phi) is 5.02. The Labute approximate surface area is 187 Å². The molecule has 0 unspecified atom stereocenters. The maximum absolute atomic E-state index is 13.0. The molecule has 3 heterocycles. The third-order valence-corrected chi connectivity index (χ3v) is 5.16. The maximum atomic E-state index is 13.0. The number of para-hydroxylation sites is 1. The number of fused-ring (bicyclic) bond motifs is 1. The largest absolute Gasteiger partial charge is 0.454 e. The van der Waals surface area contributed by atoms with Crippen LogP contribution in [-0.4, -0.2) is 32.0 Å². The number of hydrogen-bond acceptors (Lipinski definition) is 6. The van der Waals surface area contributed by atoms with Crippen LogP contribution in [0.5, 0.6) is 11.5 Å². The SMILES string of the molecule is Cc1cc(NC(=O)c2c[nH]c(=O)n(Cc3ccc4c(c3)OCO4)c2=O)n(-c2ccccc2)n1. The van der Waals surface area contributed by atoms with Crippen molar-refractivity contribution in [1.82, 2.24) is 19.3 Å². The molecule has 10 nitrogen and oxygen atoms in total. The third kappa shape index (κ3) is 3.89. The Bertz CT molecular complexity index is 1470. The minimum Gasteiger partial charge on any atom is -0.454 e. The van der Waals surface area contributed by atoms with Gasteiger partial charge in [-0.25, -0.2) is 9.48 Å². The summed E-state index contributed by atoms with van der Waals surface area (Å²) in [6.07, 6.45) is 1.12.